The molecule has 1 atom stereocenters. The van der Waals surface area contributed by atoms with Gasteiger partial charge in [-0.25, -0.2) is 9.97 Å². The first kappa shape index (κ1) is 19.3. The van der Waals surface area contributed by atoms with Gasteiger partial charge in [0.25, 0.3) is 0 Å². The van der Waals surface area contributed by atoms with Gasteiger partial charge in [0.05, 0.1) is 5.56 Å². The van der Waals surface area contributed by atoms with Gasteiger partial charge in [0.15, 0.2) is 0 Å². The molecule has 1 aliphatic rings. The highest BCUT2D eigenvalue weighted by Gasteiger charge is 2.22. The smallest absolute Gasteiger partial charge is 0.248 e. The van der Waals surface area contributed by atoms with Crippen LogP contribution in [0.5, 0.6) is 0 Å². The van der Waals surface area contributed by atoms with Crippen LogP contribution in [-0.2, 0) is 0 Å². The molecule has 0 bridgehead atoms. The van der Waals surface area contributed by atoms with E-state index in [1.165, 1.54) is 6.33 Å². The van der Waals surface area contributed by atoms with Crippen LogP contribution in [0.3, 0.4) is 0 Å². The Morgan fingerprint density at radius 1 is 1.39 bits per heavy atom. The van der Waals surface area contributed by atoms with Crippen LogP contribution in [0.25, 0.3) is 0 Å². The number of aryl methyl sites for hydroxylation is 1. The molecule has 8 heteroatoms. The normalized spacial score (nSPS) is 16.3. The Morgan fingerprint density at radius 3 is 2.86 bits per heavy atom. The van der Waals surface area contributed by atoms with Gasteiger partial charge in [-0.15, -0.1) is 0 Å². The zero-order valence-corrected chi connectivity index (χ0v) is 15.9. The van der Waals surface area contributed by atoms with E-state index in [0.29, 0.717) is 22.5 Å². The third kappa shape index (κ3) is 4.27. The Bertz CT molecular complexity index is 990. The molecule has 0 radical (unpaired) electrons. The number of nitrogens with two attached hydrogens (primary N) is 2. The molecule has 3 rings (SSSR count). The molecule has 1 saturated heterocycles. The maximum absolute atomic E-state index is 11.4. The zero-order chi connectivity index (χ0) is 20.3. The van der Waals surface area contributed by atoms with Crippen molar-refractivity contribution in [2.45, 2.75) is 19.4 Å². The Labute approximate surface area is 163 Å². The van der Waals surface area contributed by atoms with E-state index in [1.54, 1.807) is 18.2 Å². The number of nitrogen functional groups attached to an aromatic ring is 1. The number of anilines is 2. The second kappa shape index (κ2) is 8.06. The number of likely N-dealkylation sites (tertiary alicyclic amines) is 1. The van der Waals surface area contributed by atoms with Gasteiger partial charge in [0, 0.05) is 23.7 Å². The van der Waals surface area contributed by atoms with E-state index in [4.69, 9.17) is 16.9 Å². The molecule has 0 spiro atoms. The van der Waals surface area contributed by atoms with Crippen LogP contribution in [0.15, 0.2) is 24.5 Å². The van der Waals surface area contributed by atoms with Crippen molar-refractivity contribution >= 4 is 23.3 Å². The lowest BCUT2D eigenvalue weighted by Crippen LogP contribution is -2.25. The predicted octanol–water partition coefficient (Wildman–Crippen LogP) is 1.00. The van der Waals surface area contributed by atoms with E-state index in [-0.39, 0.29) is 17.6 Å². The van der Waals surface area contributed by atoms with Crippen molar-refractivity contribution < 1.29 is 4.79 Å². The average molecular weight is 377 g/mol. The van der Waals surface area contributed by atoms with Gasteiger partial charge in [0.1, 0.15) is 23.7 Å². The molecule has 0 aliphatic carbocycles. The maximum atomic E-state index is 11.4. The van der Waals surface area contributed by atoms with Crippen LogP contribution in [0.1, 0.15) is 33.5 Å². The van der Waals surface area contributed by atoms with Gasteiger partial charge < -0.3 is 21.7 Å². The number of nitrogens with one attached hydrogen (secondary N) is 2. The van der Waals surface area contributed by atoms with Crippen LogP contribution in [-0.4, -0.2) is 52.7 Å². The number of amides is 1. The summed E-state index contributed by atoms with van der Waals surface area (Å²) < 4.78 is 0. The summed E-state index contributed by atoms with van der Waals surface area (Å²) in [5.41, 5.74) is 13.6. The van der Waals surface area contributed by atoms with E-state index in [1.807, 2.05) is 6.92 Å². The van der Waals surface area contributed by atoms with Gasteiger partial charge in [-0.05, 0) is 50.6 Å². The predicted molar refractivity (Wildman–Crippen MR) is 109 cm³/mol. The minimum atomic E-state index is -0.521. The average Bonchev–Trinajstić information content (AvgIpc) is 3.05. The highest BCUT2D eigenvalue weighted by atomic mass is 16.1. The number of primary amides is 1. The van der Waals surface area contributed by atoms with Crippen LogP contribution in [0, 0.1) is 24.2 Å². The molecular weight excluding hydrogens is 354 g/mol. The summed E-state index contributed by atoms with van der Waals surface area (Å²) >= 11 is 0. The molecule has 2 heterocycles. The van der Waals surface area contributed by atoms with E-state index in [9.17, 15) is 4.79 Å². The standard InChI is InChI=1S/C20H23N7O/c1-12-3-4-14(19(23)28)9-13(12)5-6-16(21)17-18(22)24-11-25-20(17)26-15-7-8-27(2)10-15/h3-4,9,11,15,21H,7-8,10H2,1-2H3,(H2,23,28)(H3,22,24,25,26). The van der Waals surface area contributed by atoms with Crippen LogP contribution in [0.4, 0.5) is 11.6 Å². The van der Waals surface area contributed by atoms with E-state index < -0.39 is 5.91 Å². The molecule has 1 unspecified atom stereocenters. The van der Waals surface area contributed by atoms with Crippen LogP contribution >= 0.6 is 0 Å². The summed E-state index contributed by atoms with van der Waals surface area (Å²) in [6, 6.07) is 5.28. The van der Waals surface area contributed by atoms with Crippen molar-refractivity contribution in [3.63, 3.8) is 0 Å². The van der Waals surface area contributed by atoms with Gasteiger partial charge >= 0.3 is 0 Å². The number of carbonyl (C=O) groups excluding carboxylic acids is 1. The fourth-order valence-electron chi connectivity index (χ4n) is 3.10. The highest BCUT2D eigenvalue weighted by Crippen LogP contribution is 2.21. The maximum Gasteiger partial charge on any atom is 0.248 e. The van der Waals surface area contributed by atoms with Crippen molar-refractivity contribution in [1.29, 1.82) is 5.41 Å². The minimum Gasteiger partial charge on any atom is -0.383 e. The number of likely N-dealkylation sites (N-methyl/N-ethyl adjacent to an activating group) is 1. The molecular formula is C20H23N7O. The molecule has 144 valence electrons. The third-order valence-corrected chi connectivity index (χ3v) is 4.70. The number of carbonyl (C=O) groups is 1. The largest absolute Gasteiger partial charge is 0.383 e. The third-order valence-electron chi connectivity index (χ3n) is 4.70. The van der Waals surface area contributed by atoms with Gasteiger partial charge in [-0.2, -0.15) is 0 Å². The number of aromatic nitrogens is 2. The first-order valence-corrected chi connectivity index (χ1v) is 8.92. The lowest BCUT2D eigenvalue weighted by molar-refractivity contribution is 0.1000. The fourth-order valence-corrected chi connectivity index (χ4v) is 3.10. The highest BCUT2D eigenvalue weighted by molar-refractivity contribution is 6.16. The lowest BCUT2D eigenvalue weighted by atomic mass is 10.0. The molecule has 1 fully saturated rings. The summed E-state index contributed by atoms with van der Waals surface area (Å²) in [4.78, 5) is 21.9. The molecule has 28 heavy (non-hydrogen) atoms. The number of hydrogen-bond donors (Lipinski definition) is 4. The van der Waals surface area contributed by atoms with Gasteiger partial charge in [-0.3, -0.25) is 10.2 Å². The number of nitrogens with zero attached hydrogens (tertiary/aromatic N) is 3. The molecule has 1 aliphatic heterocycles. The van der Waals surface area contributed by atoms with Crippen molar-refractivity contribution in [3.8, 4) is 11.8 Å². The Hall–Kier alpha value is -3.44. The fraction of sp³-hybridized carbons (Fsp3) is 0.300. The van der Waals surface area contributed by atoms with Crippen molar-refractivity contribution in [3.05, 3.63) is 46.8 Å². The Morgan fingerprint density at radius 2 is 2.18 bits per heavy atom. The summed E-state index contributed by atoms with van der Waals surface area (Å²) in [6.07, 6.45) is 2.36. The van der Waals surface area contributed by atoms with Crippen molar-refractivity contribution in [1.82, 2.24) is 14.9 Å². The Kier molecular flexibility index (Phi) is 5.57. The Balaban J connectivity index is 1.89. The van der Waals surface area contributed by atoms with Crippen LogP contribution in [0.2, 0.25) is 0 Å². The summed E-state index contributed by atoms with van der Waals surface area (Å²) in [5.74, 6) is 5.93. The first-order chi connectivity index (χ1) is 13.3. The number of rotatable bonds is 4. The molecule has 1 aromatic heterocycles. The van der Waals surface area contributed by atoms with Crippen molar-refractivity contribution in [2.24, 2.45) is 5.73 Å². The lowest BCUT2D eigenvalue weighted by Gasteiger charge is -2.16. The van der Waals surface area contributed by atoms with E-state index in [0.717, 1.165) is 25.1 Å². The SMILES string of the molecule is Cc1ccc(C(N)=O)cc1C#CC(=N)c1c(N)ncnc1NC1CCN(C)C1. The number of benzene rings is 1. The van der Waals surface area contributed by atoms with E-state index >= 15 is 0 Å². The first-order valence-electron chi connectivity index (χ1n) is 8.92. The molecule has 1 aromatic carbocycles. The molecule has 2 aromatic rings. The van der Waals surface area contributed by atoms with Gasteiger partial charge in [-0.1, -0.05) is 12.0 Å². The number of hydrogen-bond acceptors (Lipinski definition) is 7. The topological polar surface area (TPSA) is 134 Å². The second-order valence-corrected chi connectivity index (χ2v) is 6.89. The zero-order valence-electron chi connectivity index (χ0n) is 15.9. The van der Waals surface area contributed by atoms with Crippen molar-refractivity contribution in [2.75, 3.05) is 31.2 Å². The minimum absolute atomic E-state index is 0.0100. The quantitative estimate of drug-likeness (QED) is 0.464. The van der Waals surface area contributed by atoms with E-state index in [2.05, 4.69) is 39.1 Å². The summed E-state index contributed by atoms with van der Waals surface area (Å²) in [5, 5.41) is 11.8. The molecule has 8 nitrogen and oxygen atoms in total. The second-order valence-electron chi connectivity index (χ2n) is 6.89. The molecule has 0 saturated carbocycles. The van der Waals surface area contributed by atoms with Gasteiger partial charge in [0.2, 0.25) is 5.91 Å². The summed E-state index contributed by atoms with van der Waals surface area (Å²) in [7, 11) is 2.06. The molecule has 1 amide bonds. The summed E-state index contributed by atoms with van der Waals surface area (Å²) in [6.45, 7) is 3.77. The monoisotopic (exact) mass is 377 g/mol. The van der Waals surface area contributed by atoms with Crippen LogP contribution < -0.4 is 16.8 Å². The molecule has 6 N–H and O–H groups in total.